The minimum Gasteiger partial charge on any atom is -0.298 e. The van der Waals surface area contributed by atoms with E-state index in [2.05, 4.69) is 18.8 Å². The maximum Gasteiger partial charge on any atom is 0.147 e. The van der Waals surface area contributed by atoms with Crippen molar-refractivity contribution in [2.45, 2.75) is 38.5 Å². The molecule has 0 aromatic carbocycles. The third kappa shape index (κ3) is 1.03. The minimum atomic E-state index is -0.210. The number of ketones is 1. The Labute approximate surface area is 84.4 Å². The molecule has 0 saturated carbocycles. The largest absolute Gasteiger partial charge is 0.298 e. The van der Waals surface area contributed by atoms with E-state index in [-0.39, 0.29) is 5.41 Å². The van der Waals surface area contributed by atoms with E-state index in [9.17, 15) is 4.79 Å². The third-order valence-corrected chi connectivity index (χ3v) is 3.51. The van der Waals surface area contributed by atoms with Gasteiger partial charge < -0.3 is 0 Å². The minimum absolute atomic E-state index is 0.210. The molecule has 0 fully saturated rings. The second-order valence-corrected chi connectivity index (χ2v) is 3.92. The quantitative estimate of drug-likeness (QED) is 0.714. The van der Waals surface area contributed by atoms with Crippen LogP contribution in [0.15, 0.2) is 18.5 Å². The zero-order valence-corrected chi connectivity index (χ0v) is 8.71. The number of hydrogen-bond donors (Lipinski definition) is 0. The molecule has 1 aliphatic rings. The van der Waals surface area contributed by atoms with Crippen LogP contribution < -0.4 is 0 Å². The SMILES string of the molecule is CCC1(CC)C(=O)Cc2cnccc21. The van der Waals surface area contributed by atoms with Crippen LogP contribution in [0.2, 0.25) is 0 Å². The van der Waals surface area contributed by atoms with E-state index in [1.807, 2.05) is 12.3 Å². The number of rotatable bonds is 2. The van der Waals surface area contributed by atoms with Crippen molar-refractivity contribution in [3.05, 3.63) is 29.6 Å². The first-order chi connectivity index (χ1) is 6.74. The standard InChI is InChI=1S/C12H15NO/c1-3-12(4-2)10-5-6-13-8-9(10)7-11(12)14/h5-6,8H,3-4,7H2,1-2H3. The van der Waals surface area contributed by atoms with Gasteiger partial charge in [0.15, 0.2) is 0 Å². The average Bonchev–Trinajstić information content (AvgIpc) is 2.50. The summed E-state index contributed by atoms with van der Waals surface area (Å²) in [5, 5.41) is 0. The first-order valence-corrected chi connectivity index (χ1v) is 5.21. The number of carbonyl (C=O) groups excluding carboxylic acids is 1. The van der Waals surface area contributed by atoms with Crippen molar-refractivity contribution in [3.8, 4) is 0 Å². The maximum absolute atomic E-state index is 12.0. The number of pyridine rings is 1. The monoisotopic (exact) mass is 189 g/mol. The van der Waals surface area contributed by atoms with Gasteiger partial charge in [-0.05, 0) is 30.0 Å². The molecule has 0 radical (unpaired) electrons. The second-order valence-electron chi connectivity index (χ2n) is 3.92. The first kappa shape index (κ1) is 9.38. The molecule has 0 atom stereocenters. The molecule has 0 aliphatic heterocycles. The average molecular weight is 189 g/mol. The number of fused-ring (bicyclic) bond motifs is 1. The van der Waals surface area contributed by atoms with Gasteiger partial charge in [-0.2, -0.15) is 0 Å². The molecule has 0 saturated heterocycles. The fourth-order valence-electron chi connectivity index (χ4n) is 2.55. The van der Waals surface area contributed by atoms with Gasteiger partial charge in [-0.3, -0.25) is 9.78 Å². The van der Waals surface area contributed by atoms with Gasteiger partial charge in [-0.25, -0.2) is 0 Å². The van der Waals surface area contributed by atoms with Gasteiger partial charge in [0, 0.05) is 18.8 Å². The lowest BCUT2D eigenvalue weighted by atomic mass is 9.77. The molecular weight excluding hydrogens is 174 g/mol. The number of aromatic nitrogens is 1. The number of carbonyl (C=O) groups is 1. The summed E-state index contributed by atoms with van der Waals surface area (Å²) in [4.78, 5) is 16.1. The first-order valence-electron chi connectivity index (χ1n) is 5.21. The summed E-state index contributed by atoms with van der Waals surface area (Å²) in [6.07, 6.45) is 6.00. The van der Waals surface area contributed by atoms with Crippen molar-refractivity contribution in [1.29, 1.82) is 0 Å². The van der Waals surface area contributed by atoms with Crippen molar-refractivity contribution < 1.29 is 4.79 Å². The van der Waals surface area contributed by atoms with Crippen LogP contribution in [-0.4, -0.2) is 10.8 Å². The van der Waals surface area contributed by atoms with Gasteiger partial charge in [0.2, 0.25) is 0 Å². The summed E-state index contributed by atoms with van der Waals surface area (Å²) >= 11 is 0. The summed E-state index contributed by atoms with van der Waals surface area (Å²) in [6.45, 7) is 4.19. The molecule has 0 N–H and O–H groups in total. The molecule has 0 amide bonds. The zero-order valence-electron chi connectivity index (χ0n) is 8.71. The van der Waals surface area contributed by atoms with E-state index in [1.165, 1.54) is 5.56 Å². The van der Waals surface area contributed by atoms with E-state index < -0.39 is 0 Å². The van der Waals surface area contributed by atoms with E-state index in [1.54, 1.807) is 6.20 Å². The smallest absolute Gasteiger partial charge is 0.147 e. The Bertz CT molecular complexity index is 366. The number of nitrogens with zero attached hydrogens (tertiary/aromatic N) is 1. The van der Waals surface area contributed by atoms with Crippen molar-refractivity contribution >= 4 is 5.78 Å². The molecule has 0 spiro atoms. The molecule has 74 valence electrons. The van der Waals surface area contributed by atoms with E-state index in [4.69, 9.17) is 0 Å². The Morgan fingerprint density at radius 2 is 2.14 bits per heavy atom. The molecular formula is C12H15NO. The van der Waals surface area contributed by atoms with Crippen LogP contribution in [-0.2, 0) is 16.6 Å². The number of hydrogen-bond acceptors (Lipinski definition) is 2. The zero-order chi connectivity index (χ0) is 10.2. The molecule has 2 heteroatoms. The van der Waals surface area contributed by atoms with Crippen LogP contribution in [0, 0.1) is 0 Å². The maximum atomic E-state index is 12.0. The van der Waals surface area contributed by atoms with Gasteiger partial charge >= 0.3 is 0 Å². The second kappa shape index (κ2) is 3.19. The molecule has 2 rings (SSSR count). The number of Topliss-reactive ketones (excluding diaryl/α,β-unsaturated/α-hetero) is 1. The predicted molar refractivity (Wildman–Crippen MR) is 55.2 cm³/mol. The van der Waals surface area contributed by atoms with Crippen LogP contribution in [0.5, 0.6) is 0 Å². The summed E-state index contributed by atoms with van der Waals surface area (Å²) in [7, 11) is 0. The van der Waals surface area contributed by atoms with E-state index >= 15 is 0 Å². The summed E-state index contributed by atoms with van der Waals surface area (Å²) < 4.78 is 0. The molecule has 1 aliphatic carbocycles. The Morgan fingerprint density at radius 3 is 2.79 bits per heavy atom. The third-order valence-electron chi connectivity index (χ3n) is 3.51. The van der Waals surface area contributed by atoms with Gasteiger partial charge in [-0.1, -0.05) is 13.8 Å². The molecule has 2 nitrogen and oxygen atoms in total. The Balaban J connectivity index is 2.58. The van der Waals surface area contributed by atoms with Crippen molar-refractivity contribution in [2.24, 2.45) is 0 Å². The van der Waals surface area contributed by atoms with Crippen LogP contribution >= 0.6 is 0 Å². The van der Waals surface area contributed by atoms with E-state index in [0.717, 1.165) is 18.4 Å². The summed E-state index contributed by atoms with van der Waals surface area (Å²) in [5.41, 5.74) is 2.13. The molecule has 1 heterocycles. The highest BCUT2D eigenvalue weighted by Crippen LogP contribution is 2.40. The topological polar surface area (TPSA) is 30.0 Å². The van der Waals surface area contributed by atoms with Gasteiger partial charge in [0.25, 0.3) is 0 Å². The highest BCUT2D eigenvalue weighted by Gasteiger charge is 2.42. The van der Waals surface area contributed by atoms with Crippen LogP contribution in [0.25, 0.3) is 0 Å². The lowest BCUT2D eigenvalue weighted by Gasteiger charge is -2.25. The fraction of sp³-hybridized carbons (Fsp3) is 0.500. The Kier molecular flexibility index (Phi) is 2.14. The summed E-state index contributed by atoms with van der Waals surface area (Å²) in [5.74, 6) is 0.366. The van der Waals surface area contributed by atoms with E-state index in [0.29, 0.717) is 12.2 Å². The Hall–Kier alpha value is -1.18. The highest BCUT2D eigenvalue weighted by atomic mass is 16.1. The van der Waals surface area contributed by atoms with Crippen LogP contribution in [0.3, 0.4) is 0 Å². The molecule has 0 bridgehead atoms. The van der Waals surface area contributed by atoms with Crippen molar-refractivity contribution in [3.63, 3.8) is 0 Å². The normalized spacial score (nSPS) is 18.3. The molecule has 1 aromatic heterocycles. The highest BCUT2D eigenvalue weighted by molar-refractivity contribution is 5.96. The molecule has 14 heavy (non-hydrogen) atoms. The van der Waals surface area contributed by atoms with Crippen molar-refractivity contribution in [2.75, 3.05) is 0 Å². The molecule has 1 aromatic rings. The lowest BCUT2D eigenvalue weighted by molar-refractivity contribution is -0.123. The predicted octanol–water partition coefficient (Wildman–Crippen LogP) is 2.26. The lowest BCUT2D eigenvalue weighted by Crippen LogP contribution is -2.30. The fourth-order valence-corrected chi connectivity index (χ4v) is 2.55. The van der Waals surface area contributed by atoms with Crippen LogP contribution in [0.4, 0.5) is 0 Å². The van der Waals surface area contributed by atoms with Crippen molar-refractivity contribution in [1.82, 2.24) is 4.98 Å². The molecule has 0 unspecified atom stereocenters. The summed E-state index contributed by atoms with van der Waals surface area (Å²) in [6, 6.07) is 2.01. The van der Waals surface area contributed by atoms with Crippen LogP contribution in [0.1, 0.15) is 37.8 Å². The van der Waals surface area contributed by atoms with Gasteiger partial charge in [0.1, 0.15) is 5.78 Å². The van der Waals surface area contributed by atoms with Gasteiger partial charge in [-0.15, -0.1) is 0 Å². The Morgan fingerprint density at radius 1 is 1.43 bits per heavy atom. The van der Waals surface area contributed by atoms with Gasteiger partial charge in [0.05, 0.1) is 5.41 Å².